The van der Waals surface area contributed by atoms with Gasteiger partial charge in [-0.05, 0) is 38.1 Å². The molecule has 0 aliphatic carbocycles. The molecule has 0 spiro atoms. The van der Waals surface area contributed by atoms with E-state index in [0.717, 1.165) is 12.8 Å². The third-order valence-electron chi connectivity index (χ3n) is 2.53. The predicted molar refractivity (Wildman–Crippen MR) is 64.3 cm³/mol. The number of nitro benzene ring substituents is 1. The first-order valence-electron chi connectivity index (χ1n) is 7.42. The van der Waals surface area contributed by atoms with Gasteiger partial charge in [0.05, 0.1) is 7.66 Å². The van der Waals surface area contributed by atoms with E-state index in [1.807, 2.05) is 0 Å². The summed E-state index contributed by atoms with van der Waals surface area (Å²) in [6.45, 7) is -3.87. The third kappa shape index (κ3) is 3.42. The highest BCUT2D eigenvalue weighted by Crippen LogP contribution is 2.17. The highest BCUT2D eigenvalue weighted by Gasteiger charge is 2.11. The monoisotopic (exact) mass is 240 g/mol. The molecule has 0 radical (unpaired) electrons. The van der Waals surface area contributed by atoms with Crippen molar-refractivity contribution in [3.8, 4) is 5.75 Å². The van der Waals surface area contributed by atoms with Crippen molar-refractivity contribution in [1.82, 2.24) is 4.90 Å². The Morgan fingerprint density at radius 1 is 1.35 bits per heavy atom. The molecular weight excluding hydrogens is 220 g/mol. The van der Waals surface area contributed by atoms with Crippen molar-refractivity contribution < 1.29 is 15.1 Å². The molecule has 1 saturated heterocycles. The molecule has 0 bridgehead atoms. The lowest BCUT2D eigenvalue weighted by atomic mass is 10.3. The lowest BCUT2D eigenvalue weighted by Crippen LogP contribution is -2.25. The SMILES string of the molecule is [2H]C([2H])(Oc1ccc([N+](=O)[O-])cc1)C([2H])([2H])N1CCCC1. The zero-order chi connectivity index (χ0) is 15.7. The highest BCUT2D eigenvalue weighted by atomic mass is 16.6. The van der Waals surface area contributed by atoms with Gasteiger partial charge in [-0.25, -0.2) is 0 Å². The van der Waals surface area contributed by atoms with Gasteiger partial charge in [0.2, 0.25) is 0 Å². The molecule has 1 aliphatic heterocycles. The zero-order valence-electron chi connectivity index (χ0n) is 13.3. The molecule has 0 amide bonds. The number of non-ortho nitro benzene ring substituents is 1. The largest absolute Gasteiger partial charge is 0.492 e. The molecule has 2 rings (SSSR count). The van der Waals surface area contributed by atoms with Crippen LogP contribution >= 0.6 is 0 Å². The lowest BCUT2D eigenvalue weighted by Gasteiger charge is -2.14. The minimum Gasteiger partial charge on any atom is -0.492 e. The van der Waals surface area contributed by atoms with Crippen molar-refractivity contribution in [3.05, 3.63) is 34.4 Å². The van der Waals surface area contributed by atoms with E-state index in [0.29, 0.717) is 13.1 Å². The Morgan fingerprint density at radius 3 is 2.59 bits per heavy atom. The Hall–Kier alpha value is -1.62. The maximum Gasteiger partial charge on any atom is 0.269 e. The van der Waals surface area contributed by atoms with Gasteiger partial charge in [0.25, 0.3) is 5.69 Å². The molecule has 0 aromatic heterocycles. The maximum absolute atomic E-state index is 10.6. The molecular formula is C12H16N2O3. The van der Waals surface area contributed by atoms with Crippen LogP contribution in [0.2, 0.25) is 0 Å². The second-order valence-corrected chi connectivity index (χ2v) is 3.76. The molecule has 92 valence electrons. The summed E-state index contributed by atoms with van der Waals surface area (Å²) < 4.78 is 36.8. The minimum absolute atomic E-state index is 0.0497. The van der Waals surface area contributed by atoms with Crippen molar-refractivity contribution in [2.75, 3.05) is 26.1 Å². The smallest absolute Gasteiger partial charge is 0.269 e. The van der Waals surface area contributed by atoms with E-state index in [4.69, 9.17) is 10.2 Å². The number of benzene rings is 1. The first-order valence-corrected chi connectivity index (χ1v) is 5.42. The fraction of sp³-hybridized carbons (Fsp3) is 0.500. The van der Waals surface area contributed by atoms with Gasteiger partial charge in [0.15, 0.2) is 0 Å². The van der Waals surface area contributed by atoms with Crippen molar-refractivity contribution in [2.24, 2.45) is 0 Å². The zero-order valence-corrected chi connectivity index (χ0v) is 9.26. The normalized spacial score (nSPS) is 21.2. The Kier molecular flexibility index (Phi) is 2.54. The Balaban J connectivity index is 2.13. The first kappa shape index (κ1) is 7.66. The number of rotatable bonds is 5. The van der Waals surface area contributed by atoms with Gasteiger partial charge >= 0.3 is 0 Å². The molecule has 1 aromatic rings. The standard InChI is InChI=1S/C12H16N2O3/c15-14(16)11-3-5-12(6-4-11)17-10-9-13-7-1-2-8-13/h3-6H,1-2,7-10H2/i9D2,10D2. The fourth-order valence-electron chi connectivity index (χ4n) is 1.61. The van der Waals surface area contributed by atoms with Crippen LogP contribution in [0.15, 0.2) is 24.3 Å². The van der Waals surface area contributed by atoms with Crippen LogP contribution in [0.4, 0.5) is 5.69 Å². The average Bonchev–Trinajstić information content (AvgIpc) is 2.93. The van der Waals surface area contributed by atoms with Crippen molar-refractivity contribution >= 4 is 5.69 Å². The van der Waals surface area contributed by atoms with Gasteiger partial charge in [-0.1, -0.05) is 0 Å². The van der Waals surface area contributed by atoms with Crippen molar-refractivity contribution in [3.63, 3.8) is 0 Å². The number of likely N-dealkylation sites (tertiary alicyclic amines) is 1. The number of hydrogen-bond acceptors (Lipinski definition) is 4. The lowest BCUT2D eigenvalue weighted by molar-refractivity contribution is -0.384. The number of nitro groups is 1. The number of hydrogen-bond donors (Lipinski definition) is 0. The Bertz CT molecular complexity index is 516. The predicted octanol–water partition coefficient (Wildman–Crippen LogP) is 2.07. The van der Waals surface area contributed by atoms with E-state index in [-0.39, 0.29) is 11.4 Å². The van der Waals surface area contributed by atoms with E-state index in [9.17, 15) is 10.1 Å². The van der Waals surface area contributed by atoms with E-state index in [2.05, 4.69) is 0 Å². The minimum atomic E-state index is -2.56. The van der Waals surface area contributed by atoms with Gasteiger partial charge in [-0.2, -0.15) is 0 Å². The highest BCUT2D eigenvalue weighted by molar-refractivity contribution is 5.35. The van der Waals surface area contributed by atoms with Crippen LogP contribution < -0.4 is 4.74 Å². The summed E-state index contributed by atoms with van der Waals surface area (Å²) in [4.78, 5) is 11.4. The molecule has 5 nitrogen and oxygen atoms in total. The summed E-state index contributed by atoms with van der Waals surface area (Å²) in [5.41, 5.74) is -0.134. The Labute approximate surface area is 106 Å². The summed E-state index contributed by atoms with van der Waals surface area (Å²) in [7, 11) is 0. The van der Waals surface area contributed by atoms with Crippen LogP contribution in [0.25, 0.3) is 0 Å². The van der Waals surface area contributed by atoms with Crippen LogP contribution in [-0.2, 0) is 0 Å². The molecule has 5 heteroatoms. The van der Waals surface area contributed by atoms with E-state index in [1.165, 1.54) is 29.2 Å². The summed E-state index contributed by atoms with van der Waals surface area (Å²) in [5.74, 6) is 0.0497. The molecule has 1 heterocycles. The van der Waals surface area contributed by atoms with Crippen molar-refractivity contribution in [2.45, 2.75) is 12.8 Å². The van der Waals surface area contributed by atoms with E-state index in [1.54, 1.807) is 0 Å². The third-order valence-corrected chi connectivity index (χ3v) is 2.53. The first-order chi connectivity index (χ1) is 9.74. The van der Waals surface area contributed by atoms with Crippen LogP contribution in [-0.4, -0.2) is 36.0 Å². The fourth-order valence-corrected chi connectivity index (χ4v) is 1.61. The van der Waals surface area contributed by atoms with Gasteiger partial charge < -0.3 is 4.74 Å². The topological polar surface area (TPSA) is 55.6 Å². The van der Waals surface area contributed by atoms with Crippen LogP contribution in [0.5, 0.6) is 5.75 Å². The van der Waals surface area contributed by atoms with Gasteiger partial charge in [-0.15, -0.1) is 0 Å². The molecule has 0 unspecified atom stereocenters. The number of ether oxygens (including phenoxy) is 1. The molecule has 1 aromatic carbocycles. The average molecular weight is 240 g/mol. The molecule has 0 saturated carbocycles. The van der Waals surface area contributed by atoms with Crippen molar-refractivity contribution in [1.29, 1.82) is 0 Å². The van der Waals surface area contributed by atoms with Crippen LogP contribution in [0.3, 0.4) is 0 Å². The second kappa shape index (κ2) is 5.63. The molecule has 0 atom stereocenters. The van der Waals surface area contributed by atoms with Gasteiger partial charge in [0, 0.05) is 21.4 Å². The maximum atomic E-state index is 10.6. The van der Waals surface area contributed by atoms with E-state index >= 15 is 0 Å². The quantitative estimate of drug-likeness (QED) is 0.584. The second-order valence-electron chi connectivity index (χ2n) is 3.76. The summed E-state index contributed by atoms with van der Waals surface area (Å²) in [6.07, 6.45) is 1.65. The van der Waals surface area contributed by atoms with E-state index < -0.39 is 18.0 Å². The summed E-state index contributed by atoms with van der Waals surface area (Å²) in [6, 6.07) is 4.90. The molecule has 17 heavy (non-hydrogen) atoms. The number of nitrogens with zero attached hydrogens (tertiary/aromatic N) is 2. The summed E-state index contributed by atoms with van der Waals surface area (Å²) in [5, 5.41) is 10.6. The Morgan fingerprint density at radius 2 is 2.00 bits per heavy atom. The molecule has 0 N–H and O–H groups in total. The van der Waals surface area contributed by atoms with Crippen LogP contribution in [0.1, 0.15) is 18.3 Å². The summed E-state index contributed by atoms with van der Waals surface area (Å²) >= 11 is 0. The molecule has 1 fully saturated rings. The van der Waals surface area contributed by atoms with Crippen LogP contribution in [0, 0.1) is 10.1 Å². The molecule has 1 aliphatic rings. The van der Waals surface area contributed by atoms with Gasteiger partial charge in [0.1, 0.15) is 12.3 Å². The van der Waals surface area contributed by atoms with Gasteiger partial charge in [-0.3, -0.25) is 15.0 Å².